The standard InChI is InChI=1S/C54H58N4O12/c1-2-25-67-54-49(57(53(61)37-18-15-35(32-55)16-19-37)33-36-17-21-47-48(27-36)66-34-65-47)31-45(56-70-50-14-5-8-26-64-50)43-28-38(10-3-6-23-59)42(13-4-7-24-60)51(52(43)54)44-30-41(20-22-46(44)69-54)68-40-12-9-11-39(29-40)58(62)63/h2,9,11-12,15-22,27-30,38,42,49-52,59-60H,1,3-8,10,13-14,23-26,31,33-34H2. The van der Waals surface area contributed by atoms with Crippen LogP contribution in [0.1, 0.15) is 97.2 Å². The molecule has 0 radical (unpaired) electrons. The van der Waals surface area contributed by atoms with Gasteiger partial charge in [-0.2, -0.15) is 5.26 Å². The molecule has 7 atom stereocenters. The van der Waals surface area contributed by atoms with Gasteiger partial charge < -0.3 is 48.4 Å². The first-order chi connectivity index (χ1) is 34.2. The summed E-state index contributed by atoms with van der Waals surface area (Å²) in [6, 6.07) is 24.9. The van der Waals surface area contributed by atoms with E-state index in [2.05, 4.69) is 18.7 Å². The largest absolute Gasteiger partial charge is 0.459 e. The van der Waals surface area contributed by atoms with Crippen LogP contribution < -0.4 is 18.9 Å². The molecule has 9 rings (SSSR count). The Labute approximate surface area is 406 Å². The fraction of sp³-hybridized carbons (Fsp3) is 0.426. The molecule has 2 aliphatic carbocycles. The molecule has 366 valence electrons. The number of allylic oxidation sites excluding steroid dienone is 1. The SMILES string of the molecule is C=CCOC12Oc3ccc(Oc4cccc([N+](=O)[O-])c4)cc3C3C(CCCCO)C(CCCCO)C=C(C(=NOC4CCCCO4)CC1N(Cc1ccc4c(c1)OCO4)C(=O)c1ccc(C#N)cc1)C32. The number of carbonyl (C=O) groups excluding carboxylic acids is 1. The zero-order valence-corrected chi connectivity index (χ0v) is 39.0. The van der Waals surface area contributed by atoms with E-state index in [1.165, 1.54) is 12.1 Å². The molecular weight excluding hydrogens is 897 g/mol. The molecule has 4 aromatic rings. The van der Waals surface area contributed by atoms with Crippen LogP contribution in [0, 0.1) is 39.2 Å². The zero-order valence-electron chi connectivity index (χ0n) is 39.0. The second-order valence-corrected chi connectivity index (χ2v) is 18.3. The number of benzene rings is 4. The van der Waals surface area contributed by atoms with E-state index in [1.54, 1.807) is 53.4 Å². The molecule has 1 amide bonds. The molecule has 0 spiro atoms. The molecule has 5 aliphatic rings. The van der Waals surface area contributed by atoms with Crippen molar-refractivity contribution in [2.45, 2.75) is 94.8 Å². The summed E-state index contributed by atoms with van der Waals surface area (Å²) in [5, 5.41) is 46.6. The number of carbonyl (C=O) groups is 1. The van der Waals surface area contributed by atoms with Crippen LogP contribution >= 0.6 is 0 Å². The van der Waals surface area contributed by atoms with Gasteiger partial charge in [0.1, 0.15) is 23.3 Å². The second-order valence-electron chi connectivity index (χ2n) is 18.3. The number of oxime groups is 1. The van der Waals surface area contributed by atoms with E-state index in [9.17, 15) is 25.6 Å². The maximum absolute atomic E-state index is 15.5. The van der Waals surface area contributed by atoms with Crippen molar-refractivity contribution >= 4 is 17.3 Å². The lowest BCUT2D eigenvalue weighted by atomic mass is 9.55. The van der Waals surface area contributed by atoms with Crippen molar-refractivity contribution in [1.82, 2.24) is 4.90 Å². The first-order valence-electron chi connectivity index (χ1n) is 24.2. The predicted octanol–water partition coefficient (Wildman–Crippen LogP) is 9.49. The van der Waals surface area contributed by atoms with Gasteiger partial charge in [0.15, 0.2) is 11.5 Å². The van der Waals surface area contributed by atoms with Crippen molar-refractivity contribution in [2.24, 2.45) is 22.9 Å². The van der Waals surface area contributed by atoms with E-state index < -0.39 is 29.0 Å². The lowest BCUT2D eigenvalue weighted by Crippen LogP contribution is -2.70. The fourth-order valence-electron chi connectivity index (χ4n) is 10.8. The third kappa shape index (κ3) is 10.1. The van der Waals surface area contributed by atoms with Gasteiger partial charge in [0.25, 0.3) is 11.6 Å². The van der Waals surface area contributed by atoms with Gasteiger partial charge in [-0.25, -0.2) is 0 Å². The number of nitro groups is 1. The number of nitro benzene ring substituents is 1. The molecule has 16 nitrogen and oxygen atoms in total. The van der Waals surface area contributed by atoms with Crippen LogP contribution in [0.4, 0.5) is 5.69 Å². The minimum atomic E-state index is -1.59. The van der Waals surface area contributed by atoms with Gasteiger partial charge in [-0.3, -0.25) is 14.9 Å². The van der Waals surface area contributed by atoms with Crippen LogP contribution in [0.15, 0.2) is 114 Å². The van der Waals surface area contributed by atoms with E-state index in [0.29, 0.717) is 78.5 Å². The zero-order chi connectivity index (χ0) is 48.6. The van der Waals surface area contributed by atoms with Gasteiger partial charge >= 0.3 is 0 Å². The minimum absolute atomic E-state index is 0.0239. The monoisotopic (exact) mass is 954 g/mol. The second kappa shape index (κ2) is 21.9. The number of ether oxygens (including phenoxy) is 6. The van der Waals surface area contributed by atoms with Crippen molar-refractivity contribution in [3.05, 3.63) is 142 Å². The van der Waals surface area contributed by atoms with Gasteiger partial charge in [-0.15, -0.1) is 6.58 Å². The Kier molecular flexibility index (Phi) is 15.1. The van der Waals surface area contributed by atoms with Crippen molar-refractivity contribution in [1.29, 1.82) is 5.26 Å². The molecule has 1 saturated heterocycles. The van der Waals surface area contributed by atoms with Gasteiger partial charge in [-0.1, -0.05) is 42.3 Å². The molecule has 2 fully saturated rings. The summed E-state index contributed by atoms with van der Waals surface area (Å²) in [6.07, 6.45) is 10.1. The van der Waals surface area contributed by atoms with Crippen LogP contribution in [0.3, 0.4) is 0 Å². The molecule has 16 heteroatoms. The number of nitrogens with zero attached hydrogens (tertiary/aromatic N) is 4. The molecule has 1 saturated carbocycles. The van der Waals surface area contributed by atoms with Gasteiger partial charge in [0, 0.05) is 55.7 Å². The number of aliphatic hydroxyl groups excluding tert-OH is 2. The third-order valence-electron chi connectivity index (χ3n) is 14.0. The summed E-state index contributed by atoms with van der Waals surface area (Å²) in [4.78, 5) is 34.9. The lowest BCUT2D eigenvalue weighted by Gasteiger charge is -2.60. The number of amides is 1. The van der Waals surface area contributed by atoms with Crippen molar-refractivity contribution in [3.63, 3.8) is 0 Å². The topological polar surface area (TPSA) is 205 Å². The maximum Gasteiger partial charge on any atom is 0.273 e. The number of nitriles is 1. The number of aliphatic hydroxyl groups is 2. The Bertz CT molecular complexity index is 2640. The highest BCUT2D eigenvalue weighted by molar-refractivity contribution is 6.03. The quantitative estimate of drug-likeness (QED) is 0.0367. The fourth-order valence-corrected chi connectivity index (χ4v) is 10.8. The van der Waals surface area contributed by atoms with Gasteiger partial charge in [-0.05, 0) is 122 Å². The lowest BCUT2D eigenvalue weighted by molar-refractivity contribution is -0.384. The molecule has 0 aromatic heterocycles. The van der Waals surface area contributed by atoms with Gasteiger partial charge in [0.05, 0.1) is 47.5 Å². The summed E-state index contributed by atoms with van der Waals surface area (Å²) in [6.45, 7) is 4.87. The molecule has 70 heavy (non-hydrogen) atoms. The molecular formula is C54H58N4O12. The van der Waals surface area contributed by atoms with Crippen molar-refractivity contribution in [2.75, 3.05) is 33.2 Å². The number of unbranched alkanes of at least 4 members (excludes halogenated alkanes) is 2. The highest BCUT2D eigenvalue weighted by Crippen LogP contribution is 2.62. The van der Waals surface area contributed by atoms with Crippen molar-refractivity contribution < 1.29 is 53.2 Å². The van der Waals surface area contributed by atoms with Crippen molar-refractivity contribution in [3.8, 4) is 34.8 Å². The number of fused-ring (bicyclic) bond motifs is 3. The molecule has 3 aliphatic heterocycles. The molecule has 7 unspecified atom stereocenters. The summed E-state index contributed by atoms with van der Waals surface area (Å²) < 4.78 is 38.6. The van der Waals surface area contributed by atoms with E-state index in [1.807, 2.05) is 30.3 Å². The normalized spacial score (nSPS) is 24.5. The highest BCUT2D eigenvalue weighted by Gasteiger charge is 2.65. The average Bonchev–Trinajstić information content (AvgIpc) is 3.86. The number of hydrogen-bond donors (Lipinski definition) is 2. The Morgan fingerprint density at radius 2 is 1.74 bits per heavy atom. The van der Waals surface area contributed by atoms with E-state index in [4.69, 9.17) is 38.4 Å². The molecule has 2 N–H and O–H groups in total. The first kappa shape index (κ1) is 48.3. The Morgan fingerprint density at radius 3 is 2.50 bits per heavy atom. The Hall–Kier alpha value is -6.77. The van der Waals surface area contributed by atoms with E-state index in [0.717, 1.165) is 42.4 Å². The van der Waals surface area contributed by atoms with Crippen LogP contribution in [0.5, 0.6) is 28.7 Å². The van der Waals surface area contributed by atoms with Crippen LogP contribution in [0.25, 0.3) is 0 Å². The Morgan fingerprint density at radius 1 is 0.957 bits per heavy atom. The molecule has 4 aromatic carbocycles. The average molecular weight is 955 g/mol. The van der Waals surface area contributed by atoms with Crippen LogP contribution in [0.2, 0.25) is 0 Å². The number of non-ortho nitro benzene ring substituents is 1. The summed E-state index contributed by atoms with van der Waals surface area (Å²) >= 11 is 0. The number of rotatable bonds is 20. The smallest absolute Gasteiger partial charge is 0.273 e. The maximum atomic E-state index is 15.5. The Balaban J connectivity index is 1.26. The van der Waals surface area contributed by atoms with Crippen LogP contribution in [-0.2, 0) is 20.9 Å². The third-order valence-corrected chi connectivity index (χ3v) is 14.0. The summed E-state index contributed by atoms with van der Waals surface area (Å²) in [5.74, 6) is -0.706. The van der Waals surface area contributed by atoms with E-state index >= 15 is 4.79 Å². The highest BCUT2D eigenvalue weighted by atomic mass is 16.8. The predicted molar refractivity (Wildman–Crippen MR) is 256 cm³/mol. The number of hydrogen-bond acceptors (Lipinski definition) is 14. The summed E-state index contributed by atoms with van der Waals surface area (Å²) in [5.41, 5.74) is 3.65. The molecule has 0 bridgehead atoms. The van der Waals surface area contributed by atoms with Gasteiger partial charge in [0.2, 0.25) is 18.9 Å². The van der Waals surface area contributed by atoms with Crippen LogP contribution in [-0.4, -0.2) is 83.0 Å². The first-order valence-corrected chi connectivity index (χ1v) is 24.2. The minimum Gasteiger partial charge on any atom is -0.459 e. The van der Waals surface area contributed by atoms with E-state index in [-0.39, 0.29) is 74.7 Å². The molecule has 3 heterocycles. The summed E-state index contributed by atoms with van der Waals surface area (Å²) in [7, 11) is 0.